The van der Waals surface area contributed by atoms with E-state index in [9.17, 15) is 22.4 Å². The first-order chi connectivity index (χ1) is 16.2. The number of anilines is 3. The van der Waals surface area contributed by atoms with Crippen LogP contribution in [0.2, 0.25) is 0 Å². The molecule has 180 valence electrons. The number of nitrogens with zero attached hydrogens (tertiary/aromatic N) is 4. The Morgan fingerprint density at radius 1 is 1.26 bits per heavy atom. The van der Waals surface area contributed by atoms with Gasteiger partial charge >= 0.3 is 0 Å². The van der Waals surface area contributed by atoms with E-state index in [1.807, 2.05) is 0 Å². The summed E-state index contributed by atoms with van der Waals surface area (Å²) in [6, 6.07) is 3.46. The molecule has 2 aliphatic rings. The van der Waals surface area contributed by atoms with Crippen molar-refractivity contribution in [2.45, 2.75) is 24.8 Å². The van der Waals surface area contributed by atoms with Gasteiger partial charge in [0.15, 0.2) is 11.5 Å². The summed E-state index contributed by atoms with van der Waals surface area (Å²) in [4.78, 5) is 18.6. The first-order valence-electron chi connectivity index (χ1n) is 10.7. The van der Waals surface area contributed by atoms with Crippen molar-refractivity contribution in [1.29, 1.82) is 0 Å². The van der Waals surface area contributed by atoms with Crippen molar-refractivity contribution < 1.29 is 22.4 Å². The van der Waals surface area contributed by atoms with Gasteiger partial charge in [0, 0.05) is 13.1 Å². The highest BCUT2D eigenvalue weighted by molar-refractivity contribution is 7.19. The molecule has 1 saturated carbocycles. The molecular weight excluding hydrogens is 474 g/mol. The minimum atomic E-state index is -2.96. The Hall–Kier alpha value is -3.19. The van der Waals surface area contributed by atoms with Gasteiger partial charge in [-0.3, -0.25) is 4.79 Å². The summed E-state index contributed by atoms with van der Waals surface area (Å²) < 4.78 is 58.6. The fourth-order valence-corrected chi connectivity index (χ4v) is 4.79. The zero-order valence-electron chi connectivity index (χ0n) is 17.8. The van der Waals surface area contributed by atoms with Gasteiger partial charge in [-0.15, -0.1) is 0 Å². The summed E-state index contributed by atoms with van der Waals surface area (Å²) in [7, 11) is 0. The standard InChI is InChI=1S/C21H21F4N7OS/c22-12-2-1-3-13(23)15(12)19-30-16(17(26)34-19)18(33)29-14-8-28-32(11-4-5-11)20(14)31-7-6-27-9-21(24,25)10-31/h1-3,8,11,27H,4-7,9-10,26H2,(H,29,33). The molecule has 34 heavy (non-hydrogen) atoms. The zero-order chi connectivity index (χ0) is 24.0. The van der Waals surface area contributed by atoms with E-state index in [1.54, 1.807) is 4.68 Å². The van der Waals surface area contributed by atoms with E-state index >= 15 is 0 Å². The Labute approximate surface area is 195 Å². The molecule has 0 radical (unpaired) electrons. The Bertz CT molecular complexity index is 1220. The van der Waals surface area contributed by atoms with E-state index in [0.717, 1.165) is 36.3 Å². The molecule has 13 heteroatoms. The van der Waals surface area contributed by atoms with Gasteiger partial charge in [-0.2, -0.15) is 5.10 Å². The quantitative estimate of drug-likeness (QED) is 0.469. The van der Waals surface area contributed by atoms with Crippen LogP contribution in [0, 0.1) is 11.6 Å². The van der Waals surface area contributed by atoms with E-state index in [1.165, 1.54) is 17.2 Å². The van der Waals surface area contributed by atoms with Gasteiger partial charge in [-0.25, -0.2) is 27.2 Å². The first-order valence-corrected chi connectivity index (χ1v) is 11.5. The summed E-state index contributed by atoms with van der Waals surface area (Å²) >= 11 is 0.777. The summed E-state index contributed by atoms with van der Waals surface area (Å²) in [5.74, 6) is -4.97. The maximum atomic E-state index is 14.3. The highest BCUT2D eigenvalue weighted by Crippen LogP contribution is 2.41. The molecule has 0 unspecified atom stereocenters. The SMILES string of the molecule is Nc1sc(-c2c(F)cccc2F)nc1C(=O)Nc1cnn(C2CC2)c1N1CCNCC(F)(F)C1. The lowest BCUT2D eigenvalue weighted by atomic mass is 10.2. The number of amides is 1. The number of benzene rings is 1. The molecule has 1 amide bonds. The fourth-order valence-electron chi connectivity index (χ4n) is 3.91. The van der Waals surface area contributed by atoms with E-state index in [4.69, 9.17) is 5.73 Å². The minimum Gasteiger partial charge on any atom is -0.389 e. The molecule has 0 spiro atoms. The van der Waals surface area contributed by atoms with E-state index in [-0.39, 0.29) is 33.0 Å². The number of carbonyl (C=O) groups excluding carboxylic acids is 1. The monoisotopic (exact) mass is 495 g/mol. The van der Waals surface area contributed by atoms with Crippen molar-refractivity contribution in [3.05, 3.63) is 41.7 Å². The number of nitrogens with one attached hydrogen (secondary N) is 2. The second-order valence-electron chi connectivity index (χ2n) is 8.29. The van der Waals surface area contributed by atoms with Crippen LogP contribution in [0.3, 0.4) is 0 Å². The number of thiazole rings is 1. The number of carbonyl (C=O) groups is 1. The maximum absolute atomic E-state index is 14.3. The number of nitrogens with two attached hydrogens (primary N) is 1. The summed E-state index contributed by atoms with van der Waals surface area (Å²) in [5, 5.41) is 9.59. The number of aromatic nitrogens is 3. The average Bonchev–Trinajstić information content (AvgIpc) is 3.46. The third-order valence-electron chi connectivity index (χ3n) is 5.62. The average molecular weight is 496 g/mol. The number of rotatable bonds is 5. The van der Waals surface area contributed by atoms with Crippen LogP contribution in [0.1, 0.15) is 29.4 Å². The number of nitrogen functional groups attached to an aromatic ring is 1. The van der Waals surface area contributed by atoms with Crippen molar-refractivity contribution in [2.24, 2.45) is 0 Å². The highest BCUT2D eigenvalue weighted by atomic mass is 32.1. The normalized spacial score (nSPS) is 18.1. The number of hydrogen-bond donors (Lipinski definition) is 3. The molecule has 3 heterocycles. The van der Waals surface area contributed by atoms with E-state index < -0.39 is 36.6 Å². The molecule has 2 fully saturated rings. The minimum absolute atomic E-state index is 0.0307. The summed E-state index contributed by atoms with van der Waals surface area (Å²) in [5.41, 5.74) is 5.59. The third-order valence-corrected chi connectivity index (χ3v) is 6.52. The van der Waals surface area contributed by atoms with Crippen LogP contribution in [0.25, 0.3) is 10.6 Å². The van der Waals surface area contributed by atoms with Crippen LogP contribution in [0.4, 0.5) is 34.1 Å². The van der Waals surface area contributed by atoms with Gasteiger partial charge in [0.1, 0.15) is 27.3 Å². The van der Waals surface area contributed by atoms with Crippen molar-refractivity contribution >= 4 is 33.8 Å². The third kappa shape index (κ3) is 4.32. The second-order valence-corrected chi connectivity index (χ2v) is 9.33. The maximum Gasteiger partial charge on any atom is 0.277 e. The van der Waals surface area contributed by atoms with Crippen LogP contribution in [0.15, 0.2) is 24.4 Å². The van der Waals surface area contributed by atoms with Crippen molar-refractivity contribution in [3.63, 3.8) is 0 Å². The Balaban J connectivity index is 1.45. The van der Waals surface area contributed by atoms with Crippen LogP contribution < -0.4 is 21.3 Å². The van der Waals surface area contributed by atoms with Crippen molar-refractivity contribution in [1.82, 2.24) is 20.1 Å². The zero-order valence-corrected chi connectivity index (χ0v) is 18.6. The molecule has 0 bridgehead atoms. The molecule has 5 rings (SSSR count). The van der Waals surface area contributed by atoms with Crippen LogP contribution >= 0.6 is 11.3 Å². The van der Waals surface area contributed by atoms with Crippen molar-refractivity contribution in [2.75, 3.05) is 42.1 Å². The lowest BCUT2D eigenvalue weighted by Gasteiger charge is -2.27. The molecule has 1 aliphatic carbocycles. The molecule has 0 atom stereocenters. The molecule has 2 aromatic heterocycles. The van der Waals surface area contributed by atoms with Crippen molar-refractivity contribution in [3.8, 4) is 10.6 Å². The number of alkyl halides is 2. The van der Waals surface area contributed by atoms with Gasteiger partial charge in [-0.1, -0.05) is 17.4 Å². The number of halogens is 4. The Kier molecular flexibility index (Phi) is 5.68. The predicted molar refractivity (Wildman–Crippen MR) is 120 cm³/mol. The van der Waals surface area contributed by atoms with Crippen LogP contribution in [0.5, 0.6) is 0 Å². The van der Waals surface area contributed by atoms with Gasteiger partial charge in [-0.05, 0) is 25.0 Å². The lowest BCUT2D eigenvalue weighted by Crippen LogP contribution is -2.39. The Morgan fingerprint density at radius 2 is 2.00 bits per heavy atom. The highest BCUT2D eigenvalue weighted by Gasteiger charge is 2.38. The lowest BCUT2D eigenvalue weighted by molar-refractivity contribution is 0.0155. The first kappa shape index (κ1) is 22.6. The molecule has 1 aliphatic heterocycles. The van der Waals surface area contributed by atoms with E-state index in [0.29, 0.717) is 18.9 Å². The largest absolute Gasteiger partial charge is 0.389 e. The molecule has 3 aromatic rings. The van der Waals surface area contributed by atoms with Crippen LogP contribution in [-0.2, 0) is 0 Å². The van der Waals surface area contributed by atoms with Gasteiger partial charge in [0.25, 0.3) is 11.8 Å². The second kappa shape index (κ2) is 8.55. The molecule has 4 N–H and O–H groups in total. The topological polar surface area (TPSA) is 101 Å². The van der Waals surface area contributed by atoms with Gasteiger partial charge in [0.05, 0.1) is 30.9 Å². The molecule has 1 saturated heterocycles. The Morgan fingerprint density at radius 3 is 2.71 bits per heavy atom. The fraction of sp³-hybridized carbons (Fsp3) is 0.381. The number of hydrogen-bond acceptors (Lipinski definition) is 7. The van der Waals surface area contributed by atoms with Gasteiger partial charge in [0.2, 0.25) is 0 Å². The molecule has 8 nitrogen and oxygen atoms in total. The summed E-state index contributed by atoms with van der Waals surface area (Å²) in [6.45, 7) is -0.327. The van der Waals surface area contributed by atoms with Crippen LogP contribution in [-0.4, -0.2) is 52.8 Å². The smallest absolute Gasteiger partial charge is 0.277 e. The van der Waals surface area contributed by atoms with Gasteiger partial charge < -0.3 is 21.3 Å². The predicted octanol–water partition coefficient (Wildman–Crippen LogP) is 3.50. The summed E-state index contributed by atoms with van der Waals surface area (Å²) in [6.07, 6.45) is 3.13. The molecule has 1 aromatic carbocycles. The molecular formula is C21H21F4N7OS. The van der Waals surface area contributed by atoms with E-state index in [2.05, 4.69) is 20.7 Å².